The summed E-state index contributed by atoms with van der Waals surface area (Å²) in [6.45, 7) is 0. The number of pyridine rings is 1. The van der Waals surface area contributed by atoms with Crippen LogP contribution in [0.5, 0.6) is 0 Å². The number of rotatable bonds is 1. The summed E-state index contributed by atoms with van der Waals surface area (Å²) in [4.78, 5) is 4.32. The minimum atomic E-state index is 1.04. The fourth-order valence-corrected chi connectivity index (χ4v) is 2.16. The van der Waals surface area contributed by atoms with Crippen LogP contribution in [0.4, 0.5) is 0 Å². The average molecular weight is 284 g/mol. The molecular weight excluding hydrogens is 274 g/mol. The van der Waals surface area contributed by atoms with Crippen molar-refractivity contribution < 1.29 is 0 Å². The molecule has 0 aliphatic carbocycles. The Balaban J connectivity index is 2.14. The second-order valence-corrected chi connectivity index (χ2v) is 4.83. The molecule has 0 N–H and O–H groups in total. The van der Waals surface area contributed by atoms with Gasteiger partial charge in [0.1, 0.15) is 0 Å². The molecule has 0 fully saturated rings. The zero-order valence-corrected chi connectivity index (χ0v) is 10.7. The van der Waals surface area contributed by atoms with E-state index < -0.39 is 0 Å². The predicted molar refractivity (Wildman–Crippen MR) is 74.9 cm³/mol. The summed E-state index contributed by atoms with van der Waals surface area (Å²) in [5.41, 5.74) is 3.48. The van der Waals surface area contributed by atoms with E-state index in [1.807, 2.05) is 12.3 Å². The van der Waals surface area contributed by atoms with Crippen molar-refractivity contribution in [3.63, 3.8) is 0 Å². The molecule has 0 unspecified atom stereocenters. The molecule has 0 aliphatic heterocycles. The van der Waals surface area contributed by atoms with Crippen LogP contribution in [0, 0.1) is 0 Å². The van der Waals surface area contributed by atoms with Gasteiger partial charge in [0.2, 0.25) is 0 Å². The largest absolute Gasteiger partial charge is 0.256 e. The van der Waals surface area contributed by atoms with E-state index in [1.165, 1.54) is 16.5 Å². The second-order valence-electron chi connectivity index (χ2n) is 3.92. The quantitative estimate of drug-likeness (QED) is 0.633. The van der Waals surface area contributed by atoms with E-state index in [9.17, 15) is 0 Å². The van der Waals surface area contributed by atoms with E-state index in [0.717, 1.165) is 9.99 Å². The van der Waals surface area contributed by atoms with Crippen LogP contribution in [0.15, 0.2) is 65.3 Å². The average Bonchev–Trinajstić information content (AvgIpc) is 2.39. The number of hydrogen-bond donors (Lipinski definition) is 0. The molecule has 0 amide bonds. The van der Waals surface area contributed by atoms with Crippen molar-refractivity contribution in [3.05, 3.63) is 65.3 Å². The standard InChI is InChI=1S/C15H10BrN/c16-14-6-3-11(4-7-14)12-5-8-15-13(10-12)2-1-9-17-15/h1-10H. The lowest BCUT2D eigenvalue weighted by atomic mass is 10.0. The summed E-state index contributed by atoms with van der Waals surface area (Å²) in [5.74, 6) is 0. The van der Waals surface area contributed by atoms with Gasteiger partial charge in [0.05, 0.1) is 5.52 Å². The van der Waals surface area contributed by atoms with E-state index in [4.69, 9.17) is 0 Å². The number of benzene rings is 2. The molecule has 3 rings (SSSR count). The second kappa shape index (κ2) is 4.30. The molecule has 1 nitrogen and oxygen atoms in total. The third-order valence-electron chi connectivity index (χ3n) is 2.78. The molecule has 2 heteroatoms. The topological polar surface area (TPSA) is 12.9 Å². The molecule has 0 aliphatic rings. The maximum Gasteiger partial charge on any atom is 0.0702 e. The van der Waals surface area contributed by atoms with Gasteiger partial charge in [0.25, 0.3) is 0 Å². The summed E-state index contributed by atoms with van der Waals surface area (Å²) >= 11 is 3.45. The van der Waals surface area contributed by atoms with Crippen LogP contribution in [0.3, 0.4) is 0 Å². The fraction of sp³-hybridized carbons (Fsp3) is 0. The maximum atomic E-state index is 4.32. The first-order valence-electron chi connectivity index (χ1n) is 5.44. The van der Waals surface area contributed by atoms with Gasteiger partial charge in [0.15, 0.2) is 0 Å². The molecule has 1 aromatic heterocycles. The van der Waals surface area contributed by atoms with E-state index in [1.54, 1.807) is 0 Å². The SMILES string of the molecule is Brc1ccc(-c2ccc3ncccc3c2)cc1. The third kappa shape index (κ3) is 2.08. The highest BCUT2D eigenvalue weighted by Gasteiger charge is 1.99. The van der Waals surface area contributed by atoms with Crippen LogP contribution in [0.1, 0.15) is 0 Å². The fourth-order valence-electron chi connectivity index (χ4n) is 1.90. The van der Waals surface area contributed by atoms with Crippen LogP contribution >= 0.6 is 15.9 Å². The van der Waals surface area contributed by atoms with Gasteiger partial charge in [-0.1, -0.05) is 40.2 Å². The van der Waals surface area contributed by atoms with Crippen LogP contribution in [-0.2, 0) is 0 Å². The van der Waals surface area contributed by atoms with E-state index in [2.05, 4.69) is 69.4 Å². The van der Waals surface area contributed by atoms with Crippen molar-refractivity contribution >= 4 is 26.8 Å². The van der Waals surface area contributed by atoms with E-state index in [0.29, 0.717) is 0 Å². The van der Waals surface area contributed by atoms with Crippen LogP contribution in [0.2, 0.25) is 0 Å². The molecule has 0 atom stereocenters. The molecule has 1 heterocycles. The van der Waals surface area contributed by atoms with Crippen molar-refractivity contribution in [2.24, 2.45) is 0 Å². The van der Waals surface area contributed by atoms with Gasteiger partial charge in [-0.15, -0.1) is 0 Å². The molecule has 0 spiro atoms. The smallest absolute Gasteiger partial charge is 0.0702 e. The van der Waals surface area contributed by atoms with Gasteiger partial charge < -0.3 is 0 Å². The zero-order chi connectivity index (χ0) is 11.7. The highest BCUT2D eigenvalue weighted by Crippen LogP contribution is 2.24. The molecule has 2 aromatic carbocycles. The molecule has 0 saturated carbocycles. The van der Waals surface area contributed by atoms with E-state index >= 15 is 0 Å². The van der Waals surface area contributed by atoms with Gasteiger partial charge in [-0.25, -0.2) is 0 Å². The van der Waals surface area contributed by atoms with Crippen LogP contribution < -0.4 is 0 Å². The number of hydrogen-bond acceptors (Lipinski definition) is 1. The molecule has 82 valence electrons. The highest BCUT2D eigenvalue weighted by molar-refractivity contribution is 9.10. The van der Waals surface area contributed by atoms with Gasteiger partial charge in [0, 0.05) is 16.1 Å². The van der Waals surface area contributed by atoms with Crippen molar-refractivity contribution in [2.75, 3.05) is 0 Å². The predicted octanol–water partition coefficient (Wildman–Crippen LogP) is 4.66. The first-order valence-corrected chi connectivity index (χ1v) is 6.23. The lowest BCUT2D eigenvalue weighted by Gasteiger charge is -2.03. The summed E-state index contributed by atoms with van der Waals surface area (Å²) in [6.07, 6.45) is 1.82. The Labute approximate surface area is 108 Å². The maximum absolute atomic E-state index is 4.32. The van der Waals surface area contributed by atoms with Crippen molar-refractivity contribution in [2.45, 2.75) is 0 Å². The Kier molecular flexibility index (Phi) is 2.65. The van der Waals surface area contributed by atoms with Crippen LogP contribution in [0.25, 0.3) is 22.0 Å². The molecule has 0 saturated heterocycles. The Bertz CT molecular complexity index is 659. The molecular formula is C15H10BrN. The molecule has 0 radical (unpaired) electrons. The Hall–Kier alpha value is -1.67. The normalized spacial score (nSPS) is 10.6. The van der Waals surface area contributed by atoms with Crippen molar-refractivity contribution in [3.8, 4) is 11.1 Å². The summed E-state index contributed by atoms with van der Waals surface area (Å²) < 4.78 is 1.10. The Morgan fingerprint density at radius 3 is 2.41 bits per heavy atom. The van der Waals surface area contributed by atoms with Crippen molar-refractivity contribution in [1.29, 1.82) is 0 Å². The Morgan fingerprint density at radius 2 is 1.59 bits per heavy atom. The first-order chi connectivity index (χ1) is 8.33. The van der Waals surface area contributed by atoms with Gasteiger partial charge in [-0.2, -0.15) is 0 Å². The zero-order valence-electron chi connectivity index (χ0n) is 9.10. The van der Waals surface area contributed by atoms with Gasteiger partial charge in [-0.05, 0) is 41.5 Å². The van der Waals surface area contributed by atoms with Crippen LogP contribution in [-0.4, -0.2) is 4.98 Å². The van der Waals surface area contributed by atoms with Gasteiger partial charge >= 0.3 is 0 Å². The molecule has 3 aromatic rings. The monoisotopic (exact) mass is 283 g/mol. The minimum absolute atomic E-state index is 1.04. The van der Waals surface area contributed by atoms with E-state index in [-0.39, 0.29) is 0 Å². The molecule has 17 heavy (non-hydrogen) atoms. The van der Waals surface area contributed by atoms with Gasteiger partial charge in [-0.3, -0.25) is 4.98 Å². The lowest BCUT2D eigenvalue weighted by molar-refractivity contribution is 1.41. The summed E-state index contributed by atoms with van der Waals surface area (Å²) in [7, 11) is 0. The van der Waals surface area contributed by atoms with Crippen molar-refractivity contribution in [1.82, 2.24) is 4.98 Å². The summed E-state index contributed by atoms with van der Waals surface area (Å²) in [5, 5.41) is 1.17. The first kappa shape index (κ1) is 10.5. The molecule has 0 bridgehead atoms. The summed E-state index contributed by atoms with van der Waals surface area (Å²) in [6, 6.07) is 18.7. The number of aromatic nitrogens is 1. The lowest BCUT2D eigenvalue weighted by Crippen LogP contribution is -1.80. The number of halogens is 1. The Morgan fingerprint density at radius 1 is 0.824 bits per heavy atom. The highest BCUT2D eigenvalue weighted by atomic mass is 79.9. The number of nitrogens with zero attached hydrogens (tertiary/aromatic N) is 1. The third-order valence-corrected chi connectivity index (χ3v) is 3.31. The minimum Gasteiger partial charge on any atom is -0.256 e. The number of fused-ring (bicyclic) bond motifs is 1.